The third-order valence-electron chi connectivity index (χ3n) is 6.49. The van der Waals surface area contributed by atoms with E-state index in [-0.39, 0.29) is 48.0 Å². The van der Waals surface area contributed by atoms with Crippen molar-refractivity contribution in [3.63, 3.8) is 0 Å². The summed E-state index contributed by atoms with van der Waals surface area (Å²) in [6.45, 7) is 7.80. The molecule has 0 aliphatic carbocycles. The zero-order valence-electron chi connectivity index (χ0n) is 22.2. The van der Waals surface area contributed by atoms with Crippen LogP contribution in [-0.2, 0) is 30.7 Å². The van der Waals surface area contributed by atoms with Gasteiger partial charge in [0, 0.05) is 18.0 Å². The standard InChI is InChI=1S/C27H37N3O7S/c1-18(15-28)16-30(38(34,35)21-8-6-5-7-9-21)22-13-12-20(14-23(22)31)11-10-19(2)29-26(33)37-24-25(32)36-17-27(24,3)4/h5-9,12-14,18-19,24,31H,10-11,15-17,28H2,1-4H3,(H,29,33)/t18-,19?,24-/m1/s1. The van der Waals surface area contributed by atoms with E-state index in [4.69, 9.17) is 15.2 Å². The van der Waals surface area contributed by atoms with Crippen molar-refractivity contribution in [2.24, 2.45) is 17.1 Å². The molecule has 38 heavy (non-hydrogen) atoms. The van der Waals surface area contributed by atoms with Crippen LogP contribution in [0.1, 0.15) is 39.7 Å². The molecule has 1 fully saturated rings. The summed E-state index contributed by atoms with van der Waals surface area (Å²) in [5, 5.41) is 13.5. The largest absolute Gasteiger partial charge is 0.506 e. The van der Waals surface area contributed by atoms with Gasteiger partial charge in [-0.1, -0.05) is 45.0 Å². The molecule has 4 N–H and O–H groups in total. The van der Waals surface area contributed by atoms with E-state index < -0.39 is 33.6 Å². The van der Waals surface area contributed by atoms with Gasteiger partial charge in [-0.05, 0) is 62.1 Å². The number of rotatable bonds is 11. The van der Waals surface area contributed by atoms with Gasteiger partial charge < -0.3 is 25.6 Å². The number of phenols is 1. The van der Waals surface area contributed by atoms with Crippen molar-refractivity contribution in [3.05, 3.63) is 54.1 Å². The van der Waals surface area contributed by atoms with Crippen LogP contribution in [-0.4, -0.2) is 57.4 Å². The maximum Gasteiger partial charge on any atom is 0.408 e. The second kappa shape index (κ2) is 12.0. The van der Waals surface area contributed by atoms with Gasteiger partial charge in [0.2, 0.25) is 6.10 Å². The van der Waals surface area contributed by atoms with Gasteiger partial charge in [-0.2, -0.15) is 0 Å². The number of aromatic hydroxyl groups is 1. The number of phenolic OH excluding ortho intramolecular Hbond substituents is 1. The lowest BCUT2D eigenvalue weighted by Gasteiger charge is -2.28. The lowest BCUT2D eigenvalue weighted by atomic mass is 9.90. The Labute approximate surface area is 224 Å². The number of benzene rings is 2. The predicted molar refractivity (Wildman–Crippen MR) is 143 cm³/mol. The fourth-order valence-corrected chi connectivity index (χ4v) is 5.69. The van der Waals surface area contributed by atoms with Gasteiger partial charge in [0.05, 0.1) is 10.6 Å². The smallest absolute Gasteiger partial charge is 0.408 e. The lowest BCUT2D eigenvalue weighted by Crippen LogP contribution is -2.41. The average molecular weight is 548 g/mol. The molecule has 208 valence electrons. The molecular formula is C27H37N3O7S. The number of nitrogens with one attached hydrogen (secondary N) is 1. The first-order chi connectivity index (χ1) is 17.8. The Hall–Kier alpha value is -3.31. The maximum absolute atomic E-state index is 13.4. The van der Waals surface area contributed by atoms with Crippen LogP contribution in [0.4, 0.5) is 10.5 Å². The SMILES string of the molecule is CC(CCc1ccc(N(C[C@H](C)CN)S(=O)(=O)c2ccccc2)c(O)c1)NC(=O)O[C@@H]1C(=O)OCC1(C)C. The maximum atomic E-state index is 13.4. The van der Waals surface area contributed by atoms with Gasteiger partial charge in [0.1, 0.15) is 12.4 Å². The monoisotopic (exact) mass is 547 g/mol. The Morgan fingerprint density at radius 2 is 1.92 bits per heavy atom. The molecule has 1 heterocycles. The van der Waals surface area contributed by atoms with Crippen molar-refractivity contribution >= 4 is 27.8 Å². The first-order valence-electron chi connectivity index (χ1n) is 12.6. The van der Waals surface area contributed by atoms with Gasteiger partial charge in [0.15, 0.2) is 0 Å². The Balaban J connectivity index is 1.67. The third-order valence-corrected chi connectivity index (χ3v) is 8.28. The number of cyclic esters (lactones) is 1. The van der Waals surface area contributed by atoms with Gasteiger partial charge in [-0.25, -0.2) is 18.0 Å². The van der Waals surface area contributed by atoms with E-state index in [1.807, 2.05) is 6.92 Å². The zero-order valence-corrected chi connectivity index (χ0v) is 23.0. The van der Waals surface area contributed by atoms with E-state index in [0.717, 1.165) is 5.56 Å². The number of hydrogen-bond donors (Lipinski definition) is 3. The molecule has 2 aromatic rings. The molecule has 1 aliphatic rings. The molecule has 1 amide bonds. The van der Waals surface area contributed by atoms with E-state index in [1.165, 1.54) is 22.5 Å². The summed E-state index contributed by atoms with van der Waals surface area (Å²) in [5.41, 5.74) is 6.10. The van der Waals surface area contributed by atoms with Crippen molar-refractivity contribution in [1.82, 2.24) is 5.32 Å². The molecule has 3 rings (SSSR count). The quantitative estimate of drug-likeness (QED) is 0.363. The Morgan fingerprint density at radius 3 is 2.50 bits per heavy atom. The van der Waals surface area contributed by atoms with Crippen molar-refractivity contribution in [2.75, 3.05) is 24.0 Å². The minimum absolute atomic E-state index is 0.106. The topological polar surface area (TPSA) is 148 Å². The fraction of sp³-hybridized carbons (Fsp3) is 0.481. The van der Waals surface area contributed by atoms with Crippen LogP contribution >= 0.6 is 0 Å². The molecule has 3 atom stereocenters. The minimum atomic E-state index is -3.93. The highest BCUT2D eigenvalue weighted by molar-refractivity contribution is 7.92. The normalized spacial score (nSPS) is 18.3. The number of nitrogens with two attached hydrogens (primary N) is 1. The van der Waals surface area contributed by atoms with Crippen LogP contribution in [0.15, 0.2) is 53.4 Å². The summed E-state index contributed by atoms with van der Waals surface area (Å²) in [4.78, 5) is 24.3. The zero-order chi connectivity index (χ0) is 28.1. The summed E-state index contributed by atoms with van der Waals surface area (Å²) in [5.74, 6) is -0.873. The molecule has 0 radical (unpaired) electrons. The van der Waals surface area contributed by atoms with E-state index in [1.54, 1.807) is 51.1 Å². The van der Waals surface area contributed by atoms with Gasteiger partial charge >= 0.3 is 12.1 Å². The number of carbonyl (C=O) groups excluding carboxylic acids is 2. The summed E-state index contributed by atoms with van der Waals surface area (Å²) in [6, 6.07) is 12.6. The number of alkyl carbamates (subject to hydrolysis) is 1. The molecule has 0 aromatic heterocycles. The number of sulfonamides is 1. The summed E-state index contributed by atoms with van der Waals surface area (Å²) in [6.07, 6.45) is -0.654. The predicted octanol–water partition coefficient (Wildman–Crippen LogP) is 3.18. The second-order valence-corrected chi connectivity index (χ2v) is 12.3. The number of aryl methyl sites for hydroxylation is 1. The van der Waals surface area contributed by atoms with Crippen molar-refractivity contribution in [1.29, 1.82) is 0 Å². The number of nitrogens with zero attached hydrogens (tertiary/aromatic N) is 1. The minimum Gasteiger partial charge on any atom is -0.506 e. The van der Waals surface area contributed by atoms with E-state index >= 15 is 0 Å². The molecule has 1 aliphatic heterocycles. The van der Waals surface area contributed by atoms with Crippen molar-refractivity contribution in [3.8, 4) is 5.75 Å². The molecule has 10 nitrogen and oxygen atoms in total. The van der Waals surface area contributed by atoms with E-state index in [0.29, 0.717) is 12.8 Å². The first-order valence-corrected chi connectivity index (χ1v) is 14.0. The van der Waals surface area contributed by atoms with E-state index in [9.17, 15) is 23.1 Å². The number of amides is 1. The Morgan fingerprint density at radius 1 is 1.24 bits per heavy atom. The molecular weight excluding hydrogens is 510 g/mol. The first kappa shape index (κ1) is 29.2. The van der Waals surface area contributed by atoms with Crippen LogP contribution in [0.2, 0.25) is 0 Å². The lowest BCUT2D eigenvalue weighted by molar-refractivity contribution is -0.145. The fourth-order valence-electron chi connectivity index (χ4n) is 4.07. The molecule has 0 spiro atoms. The highest BCUT2D eigenvalue weighted by Gasteiger charge is 2.46. The number of ether oxygens (including phenoxy) is 2. The summed E-state index contributed by atoms with van der Waals surface area (Å²) < 4.78 is 38.3. The highest BCUT2D eigenvalue weighted by Crippen LogP contribution is 2.34. The second-order valence-electron chi connectivity index (χ2n) is 10.5. The number of carbonyl (C=O) groups is 2. The van der Waals surface area contributed by atoms with Crippen LogP contribution < -0.4 is 15.4 Å². The third kappa shape index (κ3) is 6.96. The van der Waals surface area contributed by atoms with Crippen LogP contribution in [0.5, 0.6) is 5.75 Å². The van der Waals surface area contributed by atoms with Crippen LogP contribution in [0.3, 0.4) is 0 Å². The average Bonchev–Trinajstić information content (AvgIpc) is 3.13. The molecule has 0 saturated carbocycles. The summed E-state index contributed by atoms with van der Waals surface area (Å²) >= 11 is 0. The number of esters is 1. The van der Waals surface area contributed by atoms with Crippen LogP contribution in [0, 0.1) is 11.3 Å². The molecule has 11 heteroatoms. The van der Waals surface area contributed by atoms with Gasteiger partial charge in [-0.3, -0.25) is 4.31 Å². The van der Waals surface area contributed by atoms with Crippen molar-refractivity contribution < 1.29 is 32.6 Å². The van der Waals surface area contributed by atoms with Gasteiger partial charge in [0.25, 0.3) is 10.0 Å². The molecule has 1 saturated heterocycles. The molecule has 2 aromatic carbocycles. The highest BCUT2D eigenvalue weighted by atomic mass is 32.2. The van der Waals surface area contributed by atoms with E-state index in [2.05, 4.69) is 5.32 Å². The number of anilines is 1. The van der Waals surface area contributed by atoms with Crippen molar-refractivity contribution in [2.45, 2.75) is 57.6 Å². The molecule has 1 unspecified atom stereocenters. The Bertz CT molecular complexity index is 1230. The van der Waals surface area contributed by atoms with Gasteiger partial charge in [-0.15, -0.1) is 0 Å². The summed E-state index contributed by atoms with van der Waals surface area (Å²) in [7, 11) is -3.93. The Kier molecular flexibility index (Phi) is 9.26. The molecule has 0 bridgehead atoms. The van der Waals surface area contributed by atoms with Crippen LogP contribution in [0.25, 0.3) is 0 Å². The number of hydrogen-bond acceptors (Lipinski definition) is 8.